The van der Waals surface area contributed by atoms with Crippen LogP contribution in [0.1, 0.15) is 38.2 Å². The molecule has 2 rings (SSSR count). The van der Waals surface area contributed by atoms with Crippen molar-refractivity contribution in [3.8, 4) is 11.8 Å². The van der Waals surface area contributed by atoms with E-state index in [1.54, 1.807) is 0 Å². The van der Waals surface area contributed by atoms with Gasteiger partial charge in [0.2, 0.25) is 5.91 Å². The molecule has 0 spiro atoms. The standard InChI is InChI=1S/C17H23N3O2/c1-3-22-15-10-13(2)6-7-14(15)19-11-16(21)20-17(12-18)8-4-5-9-17/h6-7,10,19H,3-5,8-9,11H2,1-2H3,(H,20,21). The minimum Gasteiger partial charge on any atom is -0.492 e. The normalized spacial score (nSPS) is 15.9. The van der Waals surface area contributed by atoms with Crippen LogP contribution in [-0.4, -0.2) is 24.6 Å². The third-order valence-electron chi connectivity index (χ3n) is 3.93. The molecule has 0 aliphatic heterocycles. The first-order valence-electron chi connectivity index (χ1n) is 7.78. The second-order valence-electron chi connectivity index (χ2n) is 5.74. The van der Waals surface area contributed by atoms with Crippen LogP contribution in [0, 0.1) is 18.3 Å². The van der Waals surface area contributed by atoms with Crippen molar-refractivity contribution in [2.45, 2.75) is 45.1 Å². The van der Waals surface area contributed by atoms with Gasteiger partial charge in [-0.25, -0.2) is 0 Å². The van der Waals surface area contributed by atoms with Gasteiger partial charge in [-0.05, 0) is 57.2 Å². The summed E-state index contributed by atoms with van der Waals surface area (Å²) in [7, 11) is 0. The summed E-state index contributed by atoms with van der Waals surface area (Å²) in [4.78, 5) is 12.1. The van der Waals surface area contributed by atoms with Crippen molar-refractivity contribution in [1.29, 1.82) is 5.26 Å². The maximum absolute atomic E-state index is 12.1. The minimum atomic E-state index is -0.672. The first-order valence-corrected chi connectivity index (χ1v) is 7.78. The third-order valence-corrected chi connectivity index (χ3v) is 3.93. The van der Waals surface area contributed by atoms with Gasteiger partial charge in [0.25, 0.3) is 0 Å². The largest absolute Gasteiger partial charge is 0.492 e. The summed E-state index contributed by atoms with van der Waals surface area (Å²) in [5, 5.41) is 15.3. The van der Waals surface area contributed by atoms with Crippen LogP contribution in [0.25, 0.3) is 0 Å². The number of amides is 1. The van der Waals surface area contributed by atoms with Crippen molar-refractivity contribution in [2.75, 3.05) is 18.5 Å². The molecule has 118 valence electrons. The lowest BCUT2D eigenvalue weighted by Gasteiger charge is -2.22. The van der Waals surface area contributed by atoms with Crippen molar-refractivity contribution in [3.63, 3.8) is 0 Å². The molecule has 0 heterocycles. The van der Waals surface area contributed by atoms with Gasteiger partial charge in [0.05, 0.1) is 24.9 Å². The molecule has 5 nitrogen and oxygen atoms in total. The molecule has 1 saturated carbocycles. The Morgan fingerprint density at radius 1 is 1.41 bits per heavy atom. The second kappa shape index (κ2) is 7.17. The molecule has 0 atom stereocenters. The van der Waals surface area contributed by atoms with Gasteiger partial charge in [0.15, 0.2) is 0 Å². The van der Waals surface area contributed by atoms with E-state index < -0.39 is 5.54 Å². The van der Waals surface area contributed by atoms with Crippen LogP contribution >= 0.6 is 0 Å². The van der Waals surface area contributed by atoms with Gasteiger partial charge in [-0.2, -0.15) is 5.26 Å². The molecule has 1 aromatic carbocycles. The Labute approximate surface area is 131 Å². The number of benzene rings is 1. The summed E-state index contributed by atoms with van der Waals surface area (Å²) in [6.45, 7) is 4.62. The molecule has 5 heteroatoms. The Bertz CT molecular complexity index is 572. The van der Waals surface area contributed by atoms with Crippen LogP contribution in [-0.2, 0) is 4.79 Å². The van der Waals surface area contributed by atoms with Gasteiger partial charge in [-0.1, -0.05) is 6.07 Å². The molecule has 0 radical (unpaired) electrons. The molecular formula is C17H23N3O2. The molecule has 0 bridgehead atoms. The lowest BCUT2D eigenvalue weighted by Crippen LogP contribution is -2.47. The Kier molecular flexibility index (Phi) is 5.26. The Morgan fingerprint density at radius 2 is 2.14 bits per heavy atom. The average molecular weight is 301 g/mol. The van der Waals surface area contributed by atoms with Crippen molar-refractivity contribution >= 4 is 11.6 Å². The average Bonchev–Trinajstić information content (AvgIpc) is 2.96. The maximum Gasteiger partial charge on any atom is 0.240 e. The lowest BCUT2D eigenvalue weighted by molar-refractivity contribution is -0.120. The van der Waals surface area contributed by atoms with Crippen LogP contribution in [0.15, 0.2) is 18.2 Å². The Hall–Kier alpha value is -2.22. The topological polar surface area (TPSA) is 74.2 Å². The fraction of sp³-hybridized carbons (Fsp3) is 0.529. The van der Waals surface area contributed by atoms with E-state index in [-0.39, 0.29) is 12.5 Å². The number of hydrogen-bond acceptors (Lipinski definition) is 4. The van der Waals surface area contributed by atoms with Crippen LogP contribution in [0.5, 0.6) is 5.75 Å². The van der Waals surface area contributed by atoms with E-state index in [1.165, 1.54) is 0 Å². The van der Waals surface area contributed by atoms with E-state index in [0.29, 0.717) is 6.61 Å². The zero-order valence-corrected chi connectivity index (χ0v) is 13.2. The fourth-order valence-corrected chi connectivity index (χ4v) is 2.78. The van der Waals surface area contributed by atoms with E-state index in [2.05, 4.69) is 16.7 Å². The molecule has 1 amide bonds. The molecule has 1 aromatic rings. The van der Waals surface area contributed by atoms with E-state index in [0.717, 1.165) is 42.7 Å². The summed E-state index contributed by atoms with van der Waals surface area (Å²) in [5.41, 5.74) is 1.22. The number of nitrogens with one attached hydrogen (secondary N) is 2. The predicted octanol–water partition coefficient (Wildman–Crippen LogP) is 2.76. The number of nitrogens with zero attached hydrogens (tertiary/aromatic N) is 1. The van der Waals surface area contributed by atoms with Crippen LogP contribution in [0.3, 0.4) is 0 Å². The first-order chi connectivity index (χ1) is 10.6. The number of rotatable bonds is 6. The van der Waals surface area contributed by atoms with E-state index in [4.69, 9.17) is 4.74 Å². The molecular weight excluding hydrogens is 278 g/mol. The fourth-order valence-electron chi connectivity index (χ4n) is 2.78. The highest BCUT2D eigenvalue weighted by molar-refractivity contribution is 5.82. The van der Waals surface area contributed by atoms with Crippen LogP contribution < -0.4 is 15.4 Å². The summed E-state index contributed by atoms with van der Waals surface area (Å²) in [5.74, 6) is 0.581. The molecule has 1 fully saturated rings. The predicted molar refractivity (Wildman–Crippen MR) is 85.8 cm³/mol. The molecule has 22 heavy (non-hydrogen) atoms. The van der Waals surface area contributed by atoms with Gasteiger partial charge in [-0.3, -0.25) is 4.79 Å². The van der Waals surface area contributed by atoms with Gasteiger partial charge >= 0.3 is 0 Å². The number of carbonyl (C=O) groups is 1. The lowest BCUT2D eigenvalue weighted by atomic mass is 10.00. The van der Waals surface area contributed by atoms with E-state index >= 15 is 0 Å². The summed E-state index contributed by atoms with van der Waals surface area (Å²) in [6.07, 6.45) is 3.47. The quantitative estimate of drug-likeness (QED) is 0.847. The second-order valence-corrected chi connectivity index (χ2v) is 5.74. The first kappa shape index (κ1) is 16.2. The summed E-state index contributed by atoms with van der Waals surface area (Å²) >= 11 is 0. The SMILES string of the molecule is CCOc1cc(C)ccc1NCC(=O)NC1(C#N)CCCC1. The molecule has 0 unspecified atom stereocenters. The molecule has 2 N–H and O–H groups in total. The zero-order chi connectivity index (χ0) is 16.0. The van der Waals surface area contributed by atoms with Gasteiger partial charge in [-0.15, -0.1) is 0 Å². The number of ether oxygens (including phenoxy) is 1. The molecule has 1 aliphatic carbocycles. The van der Waals surface area contributed by atoms with Gasteiger partial charge in [0.1, 0.15) is 11.3 Å². The smallest absolute Gasteiger partial charge is 0.240 e. The Balaban J connectivity index is 1.95. The summed E-state index contributed by atoms with van der Waals surface area (Å²) in [6, 6.07) is 8.08. The number of nitriles is 1. The highest BCUT2D eigenvalue weighted by Gasteiger charge is 2.35. The monoisotopic (exact) mass is 301 g/mol. The van der Waals surface area contributed by atoms with Crippen molar-refractivity contribution in [2.24, 2.45) is 0 Å². The molecule has 0 saturated heterocycles. The Morgan fingerprint density at radius 3 is 2.77 bits per heavy atom. The van der Waals surface area contributed by atoms with Crippen molar-refractivity contribution in [3.05, 3.63) is 23.8 Å². The minimum absolute atomic E-state index is 0.132. The number of hydrogen-bond donors (Lipinski definition) is 2. The van der Waals surface area contributed by atoms with Gasteiger partial charge in [0, 0.05) is 0 Å². The summed E-state index contributed by atoms with van der Waals surface area (Å²) < 4.78 is 5.58. The third kappa shape index (κ3) is 3.91. The van der Waals surface area contributed by atoms with Crippen LogP contribution in [0.4, 0.5) is 5.69 Å². The number of anilines is 1. The highest BCUT2D eigenvalue weighted by Crippen LogP contribution is 2.29. The van der Waals surface area contributed by atoms with E-state index in [9.17, 15) is 10.1 Å². The van der Waals surface area contributed by atoms with Crippen LogP contribution in [0.2, 0.25) is 0 Å². The highest BCUT2D eigenvalue weighted by atomic mass is 16.5. The van der Waals surface area contributed by atoms with Crippen molar-refractivity contribution in [1.82, 2.24) is 5.32 Å². The van der Waals surface area contributed by atoms with Gasteiger partial charge < -0.3 is 15.4 Å². The molecule has 0 aromatic heterocycles. The number of aryl methyl sites for hydroxylation is 1. The van der Waals surface area contributed by atoms with E-state index in [1.807, 2.05) is 32.0 Å². The number of carbonyl (C=O) groups excluding carboxylic acids is 1. The molecule has 1 aliphatic rings. The maximum atomic E-state index is 12.1. The zero-order valence-electron chi connectivity index (χ0n) is 13.2. The van der Waals surface area contributed by atoms with Crippen molar-refractivity contribution < 1.29 is 9.53 Å².